The monoisotopic (exact) mass is 370 g/mol. The van der Waals surface area contributed by atoms with Gasteiger partial charge in [-0.15, -0.1) is 0 Å². The summed E-state index contributed by atoms with van der Waals surface area (Å²) in [6.45, 7) is 3.74. The van der Waals surface area contributed by atoms with Crippen LogP contribution in [0.1, 0.15) is 21.7 Å². The van der Waals surface area contributed by atoms with Gasteiger partial charge in [0.1, 0.15) is 11.5 Å². The largest absolute Gasteiger partial charge is 0.324 e. The van der Waals surface area contributed by atoms with Gasteiger partial charge in [-0.05, 0) is 49.7 Å². The van der Waals surface area contributed by atoms with Crippen molar-refractivity contribution < 1.29 is 9.18 Å². The van der Waals surface area contributed by atoms with Crippen molar-refractivity contribution in [3.63, 3.8) is 0 Å². The van der Waals surface area contributed by atoms with Gasteiger partial charge in [0.05, 0.1) is 5.02 Å². The molecule has 3 aromatic rings. The molecule has 0 aliphatic rings. The number of carbonyl (C=O) groups excluding carboxylic acids is 1. The van der Waals surface area contributed by atoms with Crippen molar-refractivity contribution in [1.82, 2.24) is 9.97 Å². The average molecular weight is 371 g/mol. The smallest absolute Gasteiger partial charge is 0.274 e. The molecule has 7 heteroatoms. The van der Waals surface area contributed by atoms with Crippen LogP contribution in [0.4, 0.5) is 21.7 Å². The van der Waals surface area contributed by atoms with Crippen LogP contribution in [0.5, 0.6) is 0 Å². The Hall–Kier alpha value is -2.99. The molecule has 3 rings (SSSR count). The number of anilines is 3. The highest BCUT2D eigenvalue weighted by Crippen LogP contribution is 2.21. The number of para-hydroxylation sites is 1. The van der Waals surface area contributed by atoms with E-state index in [2.05, 4.69) is 20.6 Å². The van der Waals surface area contributed by atoms with Crippen molar-refractivity contribution in [2.45, 2.75) is 13.8 Å². The van der Waals surface area contributed by atoms with Gasteiger partial charge in [-0.1, -0.05) is 29.8 Å². The lowest BCUT2D eigenvalue weighted by atomic mass is 10.2. The first-order chi connectivity index (χ1) is 12.4. The van der Waals surface area contributed by atoms with Crippen molar-refractivity contribution in [1.29, 1.82) is 0 Å². The summed E-state index contributed by atoms with van der Waals surface area (Å²) in [7, 11) is 0. The normalized spacial score (nSPS) is 10.5. The molecule has 1 aromatic heterocycles. The molecule has 1 heterocycles. The summed E-state index contributed by atoms with van der Waals surface area (Å²) in [5.74, 6) is -0.667. The highest BCUT2D eigenvalue weighted by atomic mass is 35.5. The van der Waals surface area contributed by atoms with Crippen molar-refractivity contribution >= 4 is 34.8 Å². The van der Waals surface area contributed by atoms with Crippen LogP contribution in [-0.2, 0) is 0 Å². The Balaban J connectivity index is 1.83. The third-order valence-corrected chi connectivity index (χ3v) is 3.95. The first-order valence-electron chi connectivity index (χ1n) is 7.87. The molecule has 0 atom stereocenters. The Morgan fingerprint density at radius 2 is 1.85 bits per heavy atom. The molecular weight excluding hydrogens is 355 g/mol. The summed E-state index contributed by atoms with van der Waals surface area (Å²) in [6.07, 6.45) is 0. The third kappa shape index (κ3) is 4.15. The number of nitrogens with one attached hydrogen (secondary N) is 2. The number of benzene rings is 2. The summed E-state index contributed by atoms with van der Waals surface area (Å²) >= 11 is 5.74. The predicted molar refractivity (Wildman–Crippen MR) is 101 cm³/mol. The molecule has 2 N–H and O–H groups in total. The summed E-state index contributed by atoms with van der Waals surface area (Å²) in [5, 5.41) is 5.70. The minimum atomic E-state index is -0.549. The van der Waals surface area contributed by atoms with Gasteiger partial charge in [-0.25, -0.2) is 14.4 Å². The second-order valence-corrected chi connectivity index (χ2v) is 6.15. The zero-order chi connectivity index (χ0) is 18.7. The molecule has 0 spiro atoms. The molecule has 5 nitrogen and oxygen atoms in total. The van der Waals surface area contributed by atoms with Gasteiger partial charge in [0.25, 0.3) is 5.91 Å². The number of nitrogens with zero attached hydrogens (tertiary/aromatic N) is 2. The number of halogens is 2. The number of carbonyl (C=O) groups is 1. The molecule has 132 valence electrons. The van der Waals surface area contributed by atoms with E-state index in [-0.39, 0.29) is 10.7 Å². The lowest BCUT2D eigenvalue weighted by Gasteiger charge is -2.10. The van der Waals surface area contributed by atoms with E-state index in [0.29, 0.717) is 17.3 Å². The van der Waals surface area contributed by atoms with E-state index in [1.807, 2.05) is 31.2 Å². The molecule has 0 aliphatic carbocycles. The third-order valence-electron chi connectivity index (χ3n) is 3.66. The van der Waals surface area contributed by atoms with Crippen LogP contribution in [0.25, 0.3) is 0 Å². The summed E-state index contributed by atoms with van der Waals surface area (Å²) in [6, 6.07) is 13.2. The maximum Gasteiger partial charge on any atom is 0.274 e. The second kappa shape index (κ2) is 7.49. The molecule has 0 radical (unpaired) electrons. The van der Waals surface area contributed by atoms with Gasteiger partial charge >= 0.3 is 0 Å². The number of rotatable bonds is 4. The molecule has 0 bridgehead atoms. The van der Waals surface area contributed by atoms with E-state index in [0.717, 1.165) is 11.3 Å². The Labute approximate surface area is 155 Å². The Kier molecular flexibility index (Phi) is 5.14. The van der Waals surface area contributed by atoms with Gasteiger partial charge < -0.3 is 10.6 Å². The number of hydrogen-bond acceptors (Lipinski definition) is 4. The molecule has 0 aliphatic heterocycles. The highest BCUT2D eigenvalue weighted by Gasteiger charge is 2.12. The molecule has 0 unspecified atom stereocenters. The van der Waals surface area contributed by atoms with E-state index in [4.69, 9.17) is 11.6 Å². The molecule has 2 aromatic carbocycles. The maximum absolute atomic E-state index is 13.2. The van der Waals surface area contributed by atoms with Crippen molar-refractivity contribution in [2.75, 3.05) is 10.6 Å². The fraction of sp³-hybridized carbons (Fsp3) is 0.105. The van der Waals surface area contributed by atoms with E-state index >= 15 is 0 Å². The number of hydrogen-bond donors (Lipinski definition) is 2. The van der Waals surface area contributed by atoms with Gasteiger partial charge in [0.15, 0.2) is 0 Å². The van der Waals surface area contributed by atoms with Crippen molar-refractivity contribution in [3.05, 3.63) is 76.3 Å². The van der Waals surface area contributed by atoms with Gasteiger partial charge in [0, 0.05) is 17.1 Å². The van der Waals surface area contributed by atoms with Crippen LogP contribution >= 0.6 is 11.6 Å². The minimum absolute atomic E-state index is 0.0661. The van der Waals surface area contributed by atoms with Gasteiger partial charge in [-0.3, -0.25) is 4.79 Å². The standard InChI is InChI=1S/C19H16ClFN4O/c1-11-5-3-4-6-16(11)24-19-22-12(2)9-17(25-19)18(26)23-13-7-8-15(21)14(20)10-13/h3-10H,1-2H3,(H,23,26)(H,22,24,25). The fourth-order valence-corrected chi connectivity index (χ4v) is 2.52. The first kappa shape index (κ1) is 17.8. The van der Waals surface area contributed by atoms with Crippen molar-refractivity contribution in [3.8, 4) is 0 Å². The Morgan fingerprint density at radius 3 is 2.58 bits per heavy atom. The van der Waals surface area contributed by atoms with E-state index in [1.54, 1.807) is 13.0 Å². The van der Waals surface area contributed by atoms with Crippen LogP contribution in [0.2, 0.25) is 5.02 Å². The molecular formula is C19H16ClFN4O. The van der Waals surface area contributed by atoms with Crippen molar-refractivity contribution in [2.24, 2.45) is 0 Å². The van der Waals surface area contributed by atoms with E-state index < -0.39 is 11.7 Å². The minimum Gasteiger partial charge on any atom is -0.324 e. The number of amides is 1. The fourth-order valence-electron chi connectivity index (χ4n) is 2.34. The van der Waals surface area contributed by atoms with Crippen LogP contribution in [-0.4, -0.2) is 15.9 Å². The summed E-state index contributed by atoms with van der Waals surface area (Å²) in [4.78, 5) is 21.0. The van der Waals surface area contributed by atoms with Crippen LogP contribution in [0.3, 0.4) is 0 Å². The molecule has 26 heavy (non-hydrogen) atoms. The average Bonchev–Trinajstić information content (AvgIpc) is 2.60. The quantitative estimate of drug-likeness (QED) is 0.686. The molecule has 0 fully saturated rings. The highest BCUT2D eigenvalue weighted by molar-refractivity contribution is 6.31. The van der Waals surface area contributed by atoms with Crippen LogP contribution < -0.4 is 10.6 Å². The van der Waals surface area contributed by atoms with Crippen LogP contribution in [0.15, 0.2) is 48.5 Å². The maximum atomic E-state index is 13.2. The molecule has 1 amide bonds. The first-order valence-corrected chi connectivity index (χ1v) is 8.25. The number of aryl methyl sites for hydroxylation is 2. The van der Waals surface area contributed by atoms with Crippen LogP contribution in [0, 0.1) is 19.7 Å². The lowest BCUT2D eigenvalue weighted by Crippen LogP contribution is -2.15. The number of aromatic nitrogens is 2. The second-order valence-electron chi connectivity index (χ2n) is 5.74. The summed E-state index contributed by atoms with van der Waals surface area (Å²) in [5.41, 5.74) is 3.10. The Morgan fingerprint density at radius 1 is 1.08 bits per heavy atom. The Bertz CT molecular complexity index is 978. The van der Waals surface area contributed by atoms with E-state index in [9.17, 15) is 9.18 Å². The van der Waals surface area contributed by atoms with E-state index in [1.165, 1.54) is 18.2 Å². The molecule has 0 saturated carbocycles. The molecule has 0 saturated heterocycles. The lowest BCUT2D eigenvalue weighted by molar-refractivity contribution is 0.102. The topological polar surface area (TPSA) is 66.9 Å². The predicted octanol–water partition coefficient (Wildman–Crippen LogP) is 4.88. The van der Waals surface area contributed by atoms with Gasteiger partial charge in [0.2, 0.25) is 5.95 Å². The van der Waals surface area contributed by atoms with Gasteiger partial charge in [-0.2, -0.15) is 0 Å². The summed E-state index contributed by atoms with van der Waals surface area (Å²) < 4.78 is 13.2. The zero-order valence-corrected chi connectivity index (χ0v) is 14.9. The SMILES string of the molecule is Cc1cc(C(=O)Nc2ccc(F)c(Cl)c2)nc(Nc2ccccc2C)n1. The zero-order valence-electron chi connectivity index (χ0n) is 14.2.